The molecule has 0 atom stereocenters. The highest BCUT2D eigenvalue weighted by Crippen LogP contribution is 2.18. The minimum Gasteiger partial charge on any atom is -0.385 e. The van der Waals surface area contributed by atoms with E-state index in [4.69, 9.17) is 0 Å². The molecule has 0 spiro atoms. The van der Waals surface area contributed by atoms with Crippen molar-refractivity contribution in [2.75, 3.05) is 17.2 Å². The Kier molecular flexibility index (Phi) is 4.18. The molecule has 1 amide bonds. The Labute approximate surface area is 112 Å². The number of benzene rings is 1. The number of carbonyl (C=O) groups is 1. The first-order chi connectivity index (χ1) is 9.26. The third-order valence-electron chi connectivity index (χ3n) is 2.88. The van der Waals surface area contributed by atoms with Crippen molar-refractivity contribution in [3.63, 3.8) is 0 Å². The zero-order valence-electron chi connectivity index (χ0n) is 11.2. The van der Waals surface area contributed by atoms with Gasteiger partial charge in [0.05, 0.1) is 11.8 Å². The lowest BCUT2D eigenvalue weighted by molar-refractivity contribution is 0.102. The summed E-state index contributed by atoms with van der Waals surface area (Å²) in [6, 6.07) is 7.45. The van der Waals surface area contributed by atoms with Gasteiger partial charge in [0.15, 0.2) is 0 Å². The number of amides is 1. The first-order valence-corrected chi connectivity index (χ1v) is 6.42. The second kappa shape index (κ2) is 6.04. The molecule has 0 bridgehead atoms. The van der Waals surface area contributed by atoms with E-state index >= 15 is 0 Å². The van der Waals surface area contributed by atoms with Crippen LogP contribution in [0.15, 0.2) is 30.5 Å². The van der Waals surface area contributed by atoms with Crippen LogP contribution in [-0.2, 0) is 6.42 Å². The molecule has 5 nitrogen and oxygen atoms in total. The molecule has 0 aliphatic rings. The summed E-state index contributed by atoms with van der Waals surface area (Å²) < 4.78 is 0. The van der Waals surface area contributed by atoms with Crippen LogP contribution < -0.4 is 10.6 Å². The van der Waals surface area contributed by atoms with Crippen molar-refractivity contribution in [3.8, 4) is 0 Å². The third kappa shape index (κ3) is 2.93. The molecule has 1 aromatic carbocycles. The van der Waals surface area contributed by atoms with E-state index in [1.54, 1.807) is 12.3 Å². The zero-order chi connectivity index (χ0) is 13.7. The van der Waals surface area contributed by atoms with Crippen molar-refractivity contribution in [1.82, 2.24) is 10.2 Å². The second-order valence-corrected chi connectivity index (χ2v) is 4.15. The number of aryl methyl sites for hydroxylation is 1. The maximum atomic E-state index is 12.3. The van der Waals surface area contributed by atoms with Crippen LogP contribution in [0.1, 0.15) is 29.8 Å². The largest absolute Gasteiger partial charge is 0.385 e. The Bertz CT molecular complexity index is 562. The fourth-order valence-electron chi connectivity index (χ4n) is 1.89. The molecule has 3 N–H and O–H groups in total. The smallest absolute Gasteiger partial charge is 0.258 e. The number of nitrogens with zero attached hydrogens (tertiary/aromatic N) is 1. The maximum absolute atomic E-state index is 12.3. The summed E-state index contributed by atoms with van der Waals surface area (Å²) in [5.41, 5.74) is 2.45. The van der Waals surface area contributed by atoms with Crippen LogP contribution in [0.5, 0.6) is 0 Å². The molecule has 0 fully saturated rings. The molecular weight excluding hydrogens is 240 g/mol. The molecule has 2 rings (SSSR count). The lowest BCUT2D eigenvalue weighted by atomic mass is 10.1. The molecule has 5 heteroatoms. The lowest BCUT2D eigenvalue weighted by Gasteiger charge is -2.10. The Morgan fingerprint density at radius 2 is 2.11 bits per heavy atom. The third-order valence-corrected chi connectivity index (χ3v) is 2.88. The van der Waals surface area contributed by atoms with Gasteiger partial charge in [-0.15, -0.1) is 0 Å². The fourth-order valence-corrected chi connectivity index (χ4v) is 1.89. The molecular formula is C14H18N4O. The van der Waals surface area contributed by atoms with E-state index in [9.17, 15) is 4.79 Å². The van der Waals surface area contributed by atoms with E-state index in [1.807, 2.05) is 32.0 Å². The molecule has 0 unspecified atom stereocenters. The van der Waals surface area contributed by atoms with E-state index in [0.717, 1.165) is 24.2 Å². The van der Waals surface area contributed by atoms with Crippen LogP contribution in [0.3, 0.4) is 0 Å². The predicted molar refractivity (Wildman–Crippen MR) is 76.5 cm³/mol. The normalized spacial score (nSPS) is 10.2. The van der Waals surface area contributed by atoms with Gasteiger partial charge in [0.2, 0.25) is 0 Å². The maximum Gasteiger partial charge on any atom is 0.258 e. The molecule has 19 heavy (non-hydrogen) atoms. The van der Waals surface area contributed by atoms with Gasteiger partial charge in [-0.2, -0.15) is 5.10 Å². The topological polar surface area (TPSA) is 69.8 Å². The Morgan fingerprint density at radius 1 is 1.32 bits per heavy atom. The first kappa shape index (κ1) is 13.1. The highest BCUT2D eigenvalue weighted by atomic mass is 16.1. The van der Waals surface area contributed by atoms with Crippen molar-refractivity contribution < 1.29 is 4.79 Å². The Morgan fingerprint density at radius 3 is 2.84 bits per heavy atom. The van der Waals surface area contributed by atoms with Crippen molar-refractivity contribution in [2.24, 2.45) is 0 Å². The summed E-state index contributed by atoms with van der Waals surface area (Å²) in [5, 5.41) is 12.8. The average molecular weight is 258 g/mol. The summed E-state index contributed by atoms with van der Waals surface area (Å²) in [5.74, 6) is 0.523. The van der Waals surface area contributed by atoms with Crippen LogP contribution in [0, 0.1) is 0 Å². The van der Waals surface area contributed by atoms with Crippen LogP contribution in [0.2, 0.25) is 0 Å². The summed E-state index contributed by atoms with van der Waals surface area (Å²) in [7, 11) is 0. The minimum absolute atomic E-state index is 0.143. The number of aromatic nitrogens is 2. The van der Waals surface area contributed by atoms with Crippen molar-refractivity contribution in [1.29, 1.82) is 0 Å². The summed E-state index contributed by atoms with van der Waals surface area (Å²) in [4.78, 5) is 12.3. The molecule has 1 heterocycles. The number of hydrogen-bond donors (Lipinski definition) is 3. The Balaban J connectivity index is 2.20. The quantitative estimate of drug-likeness (QED) is 0.772. The van der Waals surface area contributed by atoms with Crippen molar-refractivity contribution >= 4 is 17.4 Å². The van der Waals surface area contributed by atoms with Gasteiger partial charge in [-0.1, -0.05) is 19.1 Å². The van der Waals surface area contributed by atoms with Gasteiger partial charge in [0.25, 0.3) is 5.91 Å². The SMILES string of the molecule is CCNc1ccccc1C(=O)Nc1[nH]ncc1CC. The van der Waals surface area contributed by atoms with E-state index in [0.29, 0.717) is 11.4 Å². The number of carbonyl (C=O) groups excluding carboxylic acids is 1. The van der Waals surface area contributed by atoms with Crippen molar-refractivity contribution in [3.05, 3.63) is 41.6 Å². The van der Waals surface area contributed by atoms with Crippen LogP contribution >= 0.6 is 0 Å². The molecule has 0 saturated carbocycles. The first-order valence-electron chi connectivity index (χ1n) is 6.42. The highest BCUT2D eigenvalue weighted by molar-refractivity contribution is 6.07. The van der Waals surface area contributed by atoms with Crippen LogP contribution in [0.25, 0.3) is 0 Å². The van der Waals surface area contributed by atoms with Gasteiger partial charge < -0.3 is 10.6 Å². The number of hydrogen-bond acceptors (Lipinski definition) is 3. The number of H-pyrrole nitrogens is 1. The summed E-state index contributed by atoms with van der Waals surface area (Å²) in [6.07, 6.45) is 2.55. The average Bonchev–Trinajstić information content (AvgIpc) is 2.87. The van der Waals surface area contributed by atoms with E-state index in [2.05, 4.69) is 20.8 Å². The number of anilines is 2. The van der Waals surface area contributed by atoms with Gasteiger partial charge >= 0.3 is 0 Å². The fraction of sp³-hybridized carbons (Fsp3) is 0.286. The van der Waals surface area contributed by atoms with E-state index < -0.39 is 0 Å². The van der Waals surface area contributed by atoms with Gasteiger partial charge in [-0.25, -0.2) is 0 Å². The standard InChI is InChI=1S/C14H18N4O/c1-3-10-9-16-18-13(10)17-14(19)11-7-5-6-8-12(11)15-4-2/h5-9,15H,3-4H2,1-2H3,(H2,16,17,18,19). The Hall–Kier alpha value is -2.30. The predicted octanol–water partition coefficient (Wildman–Crippen LogP) is 2.66. The van der Waals surface area contributed by atoms with Gasteiger partial charge in [-0.3, -0.25) is 9.89 Å². The number of rotatable bonds is 5. The lowest BCUT2D eigenvalue weighted by Crippen LogP contribution is -2.15. The molecule has 0 saturated heterocycles. The van der Waals surface area contributed by atoms with Gasteiger partial charge in [-0.05, 0) is 25.5 Å². The van der Waals surface area contributed by atoms with E-state index in [1.165, 1.54) is 0 Å². The zero-order valence-corrected chi connectivity index (χ0v) is 11.2. The van der Waals surface area contributed by atoms with Crippen molar-refractivity contribution in [2.45, 2.75) is 20.3 Å². The minimum atomic E-state index is -0.143. The molecule has 0 aliphatic carbocycles. The summed E-state index contributed by atoms with van der Waals surface area (Å²) >= 11 is 0. The van der Waals surface area contributed by atoms with Gasteiger partial charge in [0.1, 0.15) is 5.82 Å². The number of para-hydroxylation sites is 1. The molecule has 0 aliphatic heterocycles. The monoisotopic (exact) mass is 258 g/mol. The van der Waals surface area contributed by atoms with Gasteiger partial charge in [0, 0.05) is 17.8 Å². The molecule has 1 aromatic heterocycles. The molecule has 100 valence electrons. The van der Waals surface area contributed by atoms with Crippen LogP contribution in [-0.4, -0.2) is 22.6 Å². The number of nitrogens with one attached hydrogen (secondary N) is 3. The number of aromatic amines is 1. The van der Waals surface area contributed by atoms with Crippen LogP contribution in [0.4, 0.5) is 11.5 Å². The molecule has 0 radical (unpaired) electrons. The summed E-state index contributed by atoms with van der Waals surface area (Å²) in [6.45, 7) is 4.79. The highest BCUT2D eigenvalue weighted by Gasteiger charge is 2.13. The van der Waals surface area contributed by atoms with E-state index in [-0.39, 0.29) is 5.91 Å². The second-order valence-electron chi connectivity index (χ2n) is 4.15. The molecule has 2 aromatic rings.